The molecular weight excluding hydrogens is 220 g/mol. The zero-order valence-electron chi connectivity index (χ0n) is 12.4. The lowest BCUT2D eigenvalue weighted by atomic mass is 10.0. The number of hydrogen-bond acceptors (Lipinski definition) is 2. The van der Waals surface area contributed by atoms with E-state index in [-0.39, 0.29) is 0 Å². The van der Waals surface area contributed by atoms with Crippen LogP contribution >= 0.6 is 0 Å². The van der Waals surface area contributed by atoms with Crippen LogP contribution in [0, 0.1) is 0 Å². The Morgan fingerprint density at radius 1 is 1.11 bits per heavy atom. The van der Waals surface area contributed by atoms with Crippen molar-refractivity contribution in [3.63, 3.8) is 0 Å². The number of nitrogens with one attached hydrogen (secondary N) is 1. The van der Waals surface area contributed by atoms with Crippen LogP contribution in [0.2, 0.25) is 0 Å². The molecule has 1 N–H and O–H groups in total. The summed E-state index contributed by atoms with van der Waals surface area (Å²) < 4.78 is 0. The molecule has 1 aromatic rings. The van der Waals surface area contributed by atoms with Gasteiger partial charge >= 0.3 is 0 Å². The van der Waals surface area contributed by atoms with Crippen molar-refractivity contribution in [3.8, 4) is 0 Å². The standard InChI is InChI=1S/C16H28N2/c1-5-7-14-8-10-15(11-9-14)16(17-3)13-18(4)12-6-2/h8-11,16-17H,5-7,12-13H2,1-4H3. The van der Waals surface area contributed by atoms with E-state index in [1.807, 2.05) is 7.05 Å². The molecular formula is C16H28N2. The maximum atomic E-state index is 3.42. The van der Waals surface area contributed by atoms with Gasteiger partial charge in [0, 0.05) is 12.6 Å². The Hall–Kier alpha value is -0.860. The lowest BCUT2D eigenvalue weighted by Crippen LogP contribution is -2.31. The first kappa shape index (κ1) is 15.2. The third kappa shape index (κ3) is 4.79. The SMILES string of the molecule is CCCc1ccc(C(CN(C)CCC)NC)cc1. The number of hydrogen-bond donors (Lipinski definition) is 1. The van der Waals surface area contributed by atoms with Crippen LogP contribution in [0.4, 0.5) is 0 Å². The van der Waals surface area contributed by atoms with Gasteiger partial charge in [-0.15, -0.1) is 0 Å². The second-order valence-corrected chi connectivity index (χ2v) is 5.10. The third-order valence-corrected chi connectivity index (χ3v) is 3.37. The minimum Gasteiger partial charge on any atom is -0.312 e. The van der Waals surface area contributed by atoms with Crippen LogP contribution in [0.1, 0.15) is 43.9 Å². The summed E-state index contributed by atoms with van der Waals surface area (Å²) in [6.07, 6.45) is 3.61. The molecule has 0 aliphatic heterocycles. The normalized spacial score (nSPS) is 12.9. The molecule has 0 bridgehead atoms. The molecule has 0 aromatic heterocycles. The van der Waals surface area contributed by atoms with Gasteiger partial charge in [-0.3, -0.25) is 0 Å². The van der Waals surface area contributed by atoms with E-state index >= 15 is 0 Å². The molecule has 0 saturated heterocycles. The van der Waals surface area contributed by atoms with E-state index in [0.717, 1.165) is 13.1 Å². The molecule has 0 saturated carbocycles. The zero-order chi connectivity index (χ0) is 13.4. The lowest BCUT2D eigenvalue weighted by Gasteiger charge is -2.24. The fourth-order valence-corrected chi connectivity index (χ4v) is 2.35. The van der Waals surface area contributed by atoms with Crippen molar-refractivity contribution in [2.45, 2.75) is 39.2 Å². The van der Waals surface area contributed by atoms with Gasteiger partial charge in [0.15, 0.2) is 0 Å². The molecule has 1 rings (SSSR count). The Kier molecular flexibility index (Phi) is 6.99. The molecule has 0 heterocycles. The van der Waals surface area contributed by atoms with E-state index in [0.29, 0.717) is 6.04 Å². The predicted molar refractivity (Wildman–Crippen MR) is 80.0 cm³/mol. The van der Waals surface area contributed by atoms with Gasteiger partial charge in [-0.1, -0.05) is 44.5 Å². The van der Waals surface area contributed by atoms with Gasteiger partial charge in [-0.25, -0.2) is 0 Å². The van der Waals surface area contributed by atoms with Crippen LogP contribution < -0.4 is 5.32 Å². The monoisotopic (exact) mass is 248 g/mol. The van der Waals surface area contributed by atoms with Crippen molar-refractivity contribution in [1.82, 2.24) is 10.2 Å². The van der Waals surface area contributed by atoms with Crippen molar-refractivity contribution in [3.05, 3.63) is 35.4 Å². The highest BCUT2D eigenvalue weighted by Crippen LogP contribution is 2.15. The topological polar surface area (TPSA) is 15.3 Å². The summed E-state index contributed by atoms with van der Waals surface area (Å²) in [4.78, 5) is 2.39. The second-order valence-electron chi connectivity index (χ2n) is 5.10. The van der Waals surface area contributed by atoms with E-state index in [4.69, 9.17) is 0 Å². The Morgan fingerprint density at radius 2 is 1.78 bits per heavy atom. The van der Waals surface area contributed by atoms with E-state index in [2.05, 4.69) is 55.4 Å². The predicted octanol–water partition coefficient (Wildman–Crippen LogP) is 3.24. The first-order chi connectivity index (χ1) is 8.71. The second kappa shape index (κ2) is 8.28. The molecule has 0 aliphatic rings. The third-order valence-electron chi connectivity index (χ3n) is 3.37. The Morgan fingerprint density at radius 3 is 2.28 bits per heavy atom. The van der Waals surface area contributed by atoms with Gasteiger partial charge in [0.1, 0.15) is 0 Å². The molecule has 1 atom stereocenters. The summed E-state index contributed by atoms with van der Waals surface area (Å²) in [7, 11) is 4.24. The first-order valence-corrected chi connectivity index (χ1v) is 7.15. The van der Waals surface area contributed by atoms with E-state index in [1.54, 1.807) is 0 Å². The average Bonchev–Trinajstić information content (AvgIpc) is 2.38. The van der Waals surface area contributed by atoms with Gasteiger partial charge in [0.25, 0.3) is 0 Å². The molecule has 1 unspecified atom stereocenters. The fourth-order valence-electron chi connectivity index (χ4n) is 2.35. The summed E-state index contributed by atoms with van der Waals surface area (Å²) in [5.74, 6) is 0. The van der Waals surface area contributed by atoms with Crippen molar-refractivity contribution >= 4 is 0 Å². The highest BCUT2D eigenvalue weighted by molar-refractivity contribution is 5.25. The summed E-state index contributed by atoms with van der Waals surface area (Å²) in [6, 6.07) is 9.50. The zero-order valence-corrected chi connectivity index (χ0v) is 12.4. The van der Waals surface area contributed by atoms with Crippen molar-refractivity contribution in [2.24, 2.45) is 0 Å². The molecule has 0 aliphatic carbocycles. The van der Waals surface area contributed by atoms with E-state index in [1.165, 1.54) is 30.4 Å². The summed E-state index contributed by atoms with van der Waals surface area (Å²) in [6.45, 7) is 6.68. The number of nitrogens with zero attached hydrogens (tertiary/aromatic N) is 1. The van der Waals surface area contributed by atoms with Crippen molar-refractivity contribution < 1.29 is 0 Å². The molecule has 18 heavy (non-hydrogen) atoms. The van der Waals surface area contributed by atoms with E-state index < -0.39 is 0 Å². The quantitative estimate of drug-likeness (QED) is 0.760. The highest BCUT2D eigenvalue weighted by atomic mass is 15.1. The molecule has 0 radical (unpaired) electrons. The van der Waals surface area contributed by atoms with Crippen LogP contribution in [0.3, 0.4) is 0 Å². The van der Waals surface area contributed by atoms with Gasteiger partial charge in [0.2, 0.25) is 0 Å². The summed E-state index contributed by atoms with van der Waals surface area (Å²) in [5, 5.41) is 3.42. The Labute approximate surface area is 112 Å². The largest absolute Gasteiger partial charge is 0.312 e. The maximum absolute atomic E-state index is 3.42. The molecule has 2 heteroatoms. The van der Waals surface area contributed by atoms with Gasteiger partial charge in [-0.05, 0) is 44.6 Å². The number of rotatable bonds is 8. The fraction of sp³-hybridized carbons (Fsp3) is 0.625. The molecule has 0 fully saturated rings. The van der Waals surface area contributed by atoms with Gasteiger partial charge in [0.05, 0.1) is 0 Å². The first-order valence-electron chi connectivity index (χ1n) is 7.15. The van der Waals surface area contributed by atoms with Crippen LogP contribution in [-0.4, -0.2) is 32.1 Å². The maximum Gasteiger partial charge on any atom is 0.0446 e. The summed E-state index contributed by atoms with van der Waals surface area (Å²) in [5.41, 5.74) is 2.83. The molecule has 2 nitrogen and oxygen atoms in total. The Balaban J connectivity index is 2.63. The molecule has 102 valence electrons. The van der Waals surface area contributed by atoms with Gasteiger partial charge < -0.3 is 10.2 Å². The van der Waals surface area contributed by atoms with Crippen LogP contribution in [0.25, 0.3) is 0 Å². The van der Waals surface area contributed by atoms with E-state index in [9.17, 15) is 0 Å². The van der Waals surface area contributed by atoms with Crippen LogP contribution in [0.5, 0.6) is 0 Å². The minimum absolute atomic E-state index is 0.428. The minimum atomic E-state index is 0.428. The molecule has 0 amide bonds. The highest BCUT2D eigenvalue weighted by Gasteiger charge is 2.11. The number of aryl methyl sites for hydroxylation is 1. The summed E-state index contributed by atoms with van der Waals surface area (Å²) >= 11 is 0. The Bertz CT molecular complexity index is 318. The van der Waals surface area contributed by atoms with Crippen LogP contribution in [-0.2, 0) is 6.42 Å². The van der Waals surface area contributed by atoms with Crippen molar-refractivity contribution in [2.75, 3.05) is 27.2 Å². The van der Waals surface area contributed by atoms with Crippen molar-refractivity contribution in [1.29, 1.82) is 0 Å². The van der Waals surface area contributed by atoms with Crippen LogP contribution in [0.15, 0.2) is 24.3 Å². The molecule has 1 aromatic carbocycles. The number of benzene rings is 1. The average molecular weight is 248 g/mol. The van der Waals surface area contributed by atoms with Gasteiger partial charge in [-0.2, -0.15) is 0 Å². The number of likely N-dealkylation sites (N-methyl/N-ethyl adjacent to an activating group) is 2. The smallest absolute Gasteiger partial charge is 0.0446 e. The lowest BCUT2D eigenvalue weighted by molar-refractivity contribution is 0.297. The molecule has 0 spiro atoms.